The van der Waals surface area contributed by atoms with Gasteiger partial charge in [0, 0.05) is 51.5 Å². The molecule has 2 atom stereocenters. The van der Waals surface area contributed by atoms with Crippen molar-refractivity contribution in [3.63, 3.8) is 0 Å². The van der Waals surface area contributed by atoms with E-state index in [9.17, 15) is 0 Å². The number of piperidine rings is 1. The van der Waals surface area contributed by atoms with Gasteiger partial charge in [-0.05, 0) is 24.3 Å². The van der Waals surface area contributed by atoms with E-state index in [1.807, 2.05) is 19.3 Å². The second-order valence-electron chi connectivity index (χ2n) is 7.34. The van der Waals surface area contributed by atoms with Crippen LogP contribution in [0.1, 0.15) is 25.8 Å². The number of anilines is 1. The number of nitrogens with zero attached hydrogens (tertiary/aromatic N) is 4. The number of likely N-dealkylation sites (tertiary alicyclic amines) is 1. The molecule has 0 aromatic carbocycles. The molecule has 2 unspecified atom stereocenters. The fourth-order valence-corrected chi connectivity index (χ4v) is 3.97. The average Bonchev–Trinajstić information content (AvgIpc) is 2.62. The number of guanidine groups is 1. The van der Waals surface area contributed by atoms with Crippen molar-refractivity contribution in [1.82, 2.24) is 15.2 Å². The highest BCUT2D eigenvalue weighted by Gasteiger charge is 2.24. The lowest BCUT2D eigenvalue weighted by molar-refractivity contribution is 0.122. The van der Waals surface area contributed by atoms with E-state index in [1.54, 1.807) is 0 Å². The van der Waals surface area contributed by atoms with Crippen molar-refractivity contribution in [3.05, 3.63) is 23.9 Å². The number of rotatable bonds is 3. The van der Waals surface area contributed by atoms with Crippen LogP contribution in [0.4, 0.5) is 5.82 Å². The summed E-state index contributed by atoms with van der Waals surface area (Å²) in [5.41, 5.74) is 1.21. The van der Waals surface area contributed by atoms with Gasteiger partial charge in [-0.25, -0.2) is 4.98 Å². The van der Waals surface area contributed by atoms with Crippen LogP contribution in [0.15, 0.2) is 23.3 Å². The third kappa shape index (κ3) is 4.63. The number of hydrogen-bond donors (Lipinski definition) is 1. The first kappa shape index (κ1) is 18.0. The number of hydrogen-bond acceptors (Lipinski definition) is 4. The summed E-state index contributed by atoms with van der Waals surface area (Å²) in [4.78, 5) is 13.8. The van der Waals surface area contributed by atoms with Gasteiger partial charge >= 0.3 is 0 Å². The Morgan fingerprint density at radius 3 is 2.68 bits per heavy atom. The minimum atomic E-state index is 0.713. The number of aliphatic imine (C=N–C) groups is 1. The van der Waals surface area contributed by atoms with Crippen LogP contribution in [0.25, 0.3) is 0 Å². The summed E-state index contributed by atoms with van der Waals surface area (Å²) in [5, 5.41) is 3.55. The molecule has 138 valence electrons. The highest BCUT2D eigenvalue weighted by molar-refractivity contribution is 5.80. The topological polar surface area (TPSA) is 53.0 Å². The van der Waals surface area contributed by atoms with E-state index >= 15 is 0 Å². The van der Waals surface area contributed by atoms with Crippen LogP contribution in [-0.4, -0.2) is 62.3 Å². The molecule has 0 aliphatic carbocycles. The van der Waals surface area contributed by atoms with Gasteiger partial charge < -0.3 is 19.9 Å². The van der Waals surface area contributed by atoms with Crippen molar-refractivity contribution >= 4 is 11.8 Å². The molecule has 2 saturated heterocycles. The predicted molar refractivity (Wildman–Crippen MR) is 102 cm³/mol. The lowest BCUT2D eigenvalue weighted by atomic mass is 9.92. The fraction of sp³-hybridized carbons (Fsp3) is 0.684. The van der Waals surface area contributed by atoms with Crippen LogP contribution in [0.2, 0.25) is 0 Å². The molecule has 1 aromatic heterocycles. The molecule has 0 saturated carbocycles. The van der Waals surface area contributed by atoms with Gasteiger partial charge in [-0.15, -0.1) is 0 Å². The standard InChI is InChI=1S/C19H31N5O/c1-15-11-16(2)14-24(13-15)19(20-3)22-12-17-5-4-6-21-18(17)23-7-9-25-10-8-23/h4-6,15-16H,7-14H2,1-3H3,(H,20,22). The molecule has 2 aliphatic heterocycles. The third-order valence-corrected chi connectivity index (χ3v) is 5.00. The number of morpholine rings is 1. The van der Waals surface area contributed by atoms with Crippen LogP contribution >= 0.6 is 0 Å². The van der Waals surface area contributed by atoms with Crippen LogP contribution in [0.3, 0.4) is 0 Å². The SMILES string of the molecule is CN=C(NCc1cccnc1N1CCOCC1)N1CC(C)CC(C)C1. The van der Waals surface area contributed by atoms with Crippen LogP contribution in [0, 0.1) is 11.8 Å². The van der Waals surface area contributed by atoms with E-state index in [2.05, 4.69) is 45.0 Å². The van der Waals surface area contributed by atoms with Crippen molar-refractivity contribution in [3.8, 4) is 0 Å². The maximum absolute atomic E-state index is 5.47. The zero-order chi connectivity index (χ0) is 17.6. The molecule has 0 radical (unpaired) electrons. The summed E-state index contributed by atoms with van der Waals surface area (Å²) in [6, 6.07) is 4.16. The van der Waals surface area contributed by atoms with Crippen LogP contribution in [0.5, 0.6) is 0 Å². The minimum absolute atomic E-state index is 0.713. The first-order valence-electron chi connectivity index (χ1n) is 9.39. The normalized spacial score (nSPS) is 25.2. The predicted octanol–water partition coefficient (Wildman–Crippen LogP) is 1.97. The molecule has 6 nitrogen and oxygen atoms in total. The molecule has 0 spiro atoms. The third-order valence-electron chi connectivity index (χ3n) is 5.00. The molecule has 25 heavy (non-hydrogen) atoms. The smallest absolute Gasteiger partial charge is 0.193 e. The van der Waals surface area contributed by atoms with Crippen LogP contribution < -0.4 is 10.2 Å². The molecule has 1 aromatic rings. The monoisotopic (exact) mass is 345 g/mol. The second kappa shape index (κ2) is 8.52. The first-order chi connectivity index (χ1) is 12.2. The Morgan fingerprint density at radius 2 is 2.00 bits per heavy atom. The van der Waals surface area contributed by atoms with Crippen molar-refractivity contribution in [2.75, 3.05) is 51.3 Å². The quantitative estimate of drug-likeness (QED) is 0.670. The molecule has 6 heteroatoms. The van der Waals surface area contributed by atoms with E-state index in [4.69, 9.17) is 4.74 Å². The van der Waals surface area contributed by atoms with E-state index < -0.39 is 0 Å². The van der Waals surface area contributed by atoms with Gasteiger partial charge in [-0.2, -0.15) is 0 Å². The first-order valence-corrected chi connectivity index (χ1v) is 9.39. The van der Waals surface area contributed by atoms with E-state index in [1.165, 1.54) is 12.0 Å². The fourth-order valence-electron chi connectivity index (χ4n) is 3.97. The van der Waals surface area contributed by atoms with E-state index in [0.717, 1.165) is 57.7 Å². The van der Waals surface area contributed by atoms with Gasteiger partial charge in [0.05, 0.1) is 13.2 Å². The summed E-state index contributed by atoms with van der Waals surface area (Å²) >= 11 is 0. The Bertz CT molecular complexity index is 575. The molecule has 3 rings (SSSR count). The van der Waals surface area contributed by atoms with Gasteiger partial charge in [0.2, 0.25) is 0 Å². The molecule has 2 aliphatic rings. The number of pyridine rings is 1. The Balaban J connectivity index is 1.66. The molecule has 3 heterocycles. The summed E-state index contributed by atoms with van der Waals surface area (Å²) in [6.07, 6.45) is 3.17. The molecule has 0 bridgehead atoms. The summed E-state index contributed by atoms with van der Waals surface area (Å²) in [7, 11) is 1.87. The number of nitrogens with one attached hydrogen (secondary N) is 1. The number of aromatic nitrogens is 1. The van der Waals surface area contributed by atoms with Gasteiger partial charge in [0.15, 0.2) is 5.96 Å². The zero-order valence-corrected chi connectivity index (χ0v) is 15.7. The second-order valence-corrected chi connectivity index (χ2v) is 7.34. The highest BCUT2D eigenvalue weighted by atomic mass is 16.5. The van der Waals surface area contributed by atoms with Crippen molar-refractivity contribution in [2.45, 2.75) is 26.8 Å². The molecular formula is C19H31N5O. The van der Waals surface area contributed by atoms with E-state index in [-0.39, 0.29) is 0 Å². The molecular weight excluding hydrogens is 314 g/mol. The van der Waals surface area contributed by atoms with Crippen molar-refractivity contribution in [1.29, 1.82) is 0 Å². The Kier molecular flexibility index (Phi) is 6.13. The number of ether oxygens (including phenoxy) is 1. The van der Waals surface area contributed by atoms with Crippen molar-refractivity contribution < 1.29 is 4.74 Å². The average molecular weight is 345 g/mol. The van der Waals surface area contributed by atoms with Gasteiger partial charge in [-0.3, -0.25) is 4.99 Å². The Labute approximate surface area is 151 Å². The maximum Gasteiger partial charge on any atom is 0.193 e. The lowest BCUT2D eigenvalue weighted by Gasteiger charge is -2.37. The molecule has 2 fully saturated rings. The van der Waals surface area contributed by atoms with Crippen LogP contribution in [-0.2, 0) is 11.3 Å². The summed E-state index contributed by atoms with van der Waals surface area (Å²) in [5.74, 6) is 3.48. The molecule has 1 N–H and O–H groups in total. The Morgan fingerprint density at radius 1 is 1.28 bits per heavy atom. The van der Waals surface area contributed by atoms with Gasteiger partial charge in [-0.1, -0.05) is 19.9 Å². The van der Waals surface area contributed by atoms with Gasteiger partial charge in [0.1, 0.15) is 5.82 Å². The van der Waals surface area contributed by atoms with Gasteiger partial charge in [0.25, 0.3) is 0 Å². The largest absolute Gasteiger partial charge is 0.378 e. The zero-order valence-electron chi connectivity index (χ0n) is 15.7. The summed E-state index contributed by atoms with van der Waals surface area (Å²) < 4.78 is 5.47. The van der Waals surface area contributed by atoms with Crippen molar-refractivity contribution in [2.24, 2.45) is 16.8 Å². The Hall–Kier alpha value is -1.82. The molecule has 0 amide bonds. The maximum atomic E-state index is 5.47. The minimum Gasteiger partial charge on any atom is -0.378 e. The van der Waals surface area contributed by atoms with E-state index in [0.29, 0.717) is 11.8 Å². The highest BCUT2D eigenvalue weighted by Crippen LogP contribution is 2.22. The lowest BCUT2D eigenvalue weighted by Crippen LogP contribution is -2.48. The summed E-state index contributed by atoms with van der Waals surface area (Å²) in [6.45, 7) is 10.9.